The number of nitrogens with one attached hydrogen (secondary N) is 1. The minimum Gasteiger partial charge on any atom is -0.374 e. The summed E-state index contributed by atoms with van der Waals surface area (Å²) in [6, 6.07) is 18.5. The average molecular weight is 398 g/mol. The van der Waals surface area contributed by atoms with E-state index in [0.29, 0.717) is 18.4 Å². The van der Waals surface area contributed by atoms with Crippen LogP contribution in [0.3, 0.4) is 0 Å². The standard InChI is InChI=1S/C25H22N2O3/c1-25(2)13-18-23(21(28)14-25)22-16-8-4-3-7-15(16)11-12-19(22)26-24(18)17-9-5-6-10-20(17)27(29)30/h3-12,24,26H,13-14H2,1-2H3/t24-/m0/s1. The number of nitro groups is 1. The third-order valence-corrected chi connectivity index (χ3v) is 6.18. The van der Waals surface area contributed by atoms with Gasteiger partial charge in [-0.15, -0.1) is 0 Å². The minimum atomic E-state index is -0.404. The molecule has 1 N–H and O–H groups in total. The summed E-state index contributed by atoms with van der Waals surface area (Å²) >= 11 is 0. The van der Waals surface area contributed by atoms with Gasteiger partial charge in [0, 0.05) is 29.3 Å². The van der Waals surface area contributed by atoms with Crippen LogP contribution in [0.5, 0.6) is 0 Å². The summed E-state index contributed by atoms with van der Waals surface area (Å²) in [5, 5.41) is 17.4. The number of nitrogens with zero attached hydrogens (tertiary/aromatic N) is 1. The second kappa shape index (κ2) is 6.52. The molecule has 0 fully saturated rings. The van der Waals surface area contributed by atoms with Crippen molar-refractivity contribution in [3.8, 4) is 0 Å². The number of ketones is 1. The number of rotatable bonds is 2. The second-order valence-electron chi connectivity index (χ2n) is 8.94. The van der Waals surface area contributed by atoms with Gasteiger partial charge in [-0.25, -0.2) is 0 Å². The molecule has 1 aliphatic heterocycles. The van der Waals surface area contributed by atoms with Gasteiger partial charge in [0.25, 0.3) is 5.69 Å². The van der Waals surface area contributed by atoms with Crippen molar-refractivity contribution in [2.45, 2.75) is 32.7 Å². The number of carbonyl (C=O) groups is 1. The Hall–Kier alpha value is -3.47. The molecule has 5 heteroatoms. The molecule has 5 nitrogen and oxygen atoms in total. The highest BCUT2D eigenvalue weighted by atomic mass is 16.6. The van der Waals surface area contributed by atoms with Crippen molar-refractivity contribution in [3.63, 3.8) is 0 Å². The molecule has 3 aromatic carbocycles. The summed E-state index contributed by atoms with van der Waals surface area (Å²) in [6.45, 7) is 4.17. The molecule has 150 valence electrons. The summed E-state index contributed by atoms with van der Waals surface area (Å²) in [6.07, 6.45) is 1.18. The van der Waals surface area contributed by atoms with Gasteiger partial charge >= 0.3 is 0 Å². The van der Waals surface area contributed by atoms with E-state index in [1.807, 2.05) is 42.5 Å². The van der Waals surface area contributed by atoms with Crippen LogP contribution in [0.25, 0.3) is 16.3 Å². The van der Waals surface area contributed by atoms with Crippen LogP contribution in [0.1, 0.15) is 43.9 Å². The number of allylic oxidation sites excluding steroid dienone is 1. The molecular formula is C25H22N2O3. The number of nitro benzene ring substituents is 1. The number of para-hydroxylation sites is 1. The van der Waals surface area contributed by atoms with Crippen molar-refractivity contribution in [2.24, 2.45) is 5.41 Å². The smallest absolute Gasteiger partial charge is 0.275 e. The van der Waals surface area contributed by atoms with Gasteiger partial charge in [-0.05, 0) is 40.3 Å². The molecule has 1 heterocycles. The lowest BCUT2D eigenvalue weighted by Gasteiger charge is -2.40. The normalized spacial score (nSPS) is 19.8. The van der Waals surface area contributed by atoms with E-state index in [0.717, 1.165) is 33.2 Å². The molecule has 0 spiro atoms. The molecule has 0 saturated carbocycles. The molecule has 0 amide bonds. The van der Waals surface area contributed by atoms with E-state index < -0.39 is 6.04 Å². The Bertz CT molecular complexity index is 1260. The predicted octanol–water partition coefficient (Wildman–Crippen LogP) is 6.06. The van der Waals surface area contributed by atoms with Gasteiger partial charge < -0.3 is 5.32 Å². The molecule has 0 radical (unpaired) electrons. The largest absolute Gasteiger partial charge is 0.374 e. The number of carbonyl (C=O) groups excluding carboxylic acids is 1. The molecule has 0 aromatic heterocycles. The Morgan fingerprint density at radius 3 is 2.53 bits per heavy atom. The Labute approximate surface area is 174 Å². The molecule has 0 saturated heterocycles. The highest BCUT2D eigenvalue weighted by Gasteiger charge is 2.41. The summed E-state index contributed by atoms with van der Waals surface area (Å²) in [7, 11) is 0. The zero-order valence-electron chi connectivity index (χ0n) is 16.9. The summed E-state index contributed by atoms with van der Waals surface area (Å²) in [5.74, 6) is 0.115. The Kier molecular flexibility index (Phi) is 4.03. The maximum absolute atomic E-state index is 13.4. The van der Waals surface area contributed by atoms with Crippen LogP contribution in [-0.2, 0) is 4.79 Å². The number of hydrogen-bond acceptors (Lipinski definition) is 4. The molecule has 30 heavy (non-hydrogen) atoms. The predicted molar refractivity (Wildman–Crippen MR) is 118 cm³/mol. The lowest BCUT2D eigenvalue weighted by molar-refractivity contribution is -0.385. The highest BCUT2D eigenvalue weighted by Crippen LogP contribution is 2.52. The van der Waals surface area contributed by atoms with Crippen LogP contribution in [-0.4, -0.2) is 10.7 Å². The molecule has 2 aliphatic rings. The number of hydrogen-bond donors (Lipinski definition) is 1. The number of benzene rings is 3. The third-order valence-electron chi connectivity index (χ3n) is 6.18. The lowest BCUT2D eigenvalue weighted by Crippen LogP contribution is -2.32. The molecule has 3 aromatic rings. The van der Waals surface area contributed by atoms with Gasteiger partial charge in [0.05, 0.1) is 16.5 Å². The van der Waals surface area contributed by atoms with Crippen LogP contribution in [0, 0.1) is 15.5 Å². The summed E-state index contributed by atoms with van der Waals surface area (Å²) in [4.78, 5) is 24.8. The van der Waals surface area contributed by atoms with Crippen molar-refractivity contribution < 1.29 is 9.72 Å². The van der Waals surface area contributed by atoms with Gasteiger partial charge in [0.15, 0.2) is 5.78 Å². The molecule has 0 unspecified atom stereocenters. The van der Waals surface area contributed by atoms with E-state index in [1.165, 1.54) is 6.07 Å². The van der Waals surface area contributed by atoms with Gasteiger partial charge in [-0.2, -0.15) is 0 Å². The minimum absolute atomic E-state index is 0.0712. The van der Waals surface area contributed by atoms with E-state index in [4.69, 9.17) is 0 Å². The third kappa shape index (κ3) is 2.81. The fraction of sp³-hybridized carbons (Fsp3) is 0.240. The summed E-state index contributed by atoms with van der Waals surface area (Å²) in [5.41, 5.74) is 3.95. The van der Waals surface area contributed by atoms with Crippen LogP contribution in [0.4, 0.5) is 11.4 Å². The van der Waals surface area contributed by atoms with Crippen molar-refractivity contribution in [1.82, 2.24) is 0 Å². The van der Waals surface area contributed by atoms with Crippen LogP contribution in [0.2, 0.25) is 0 Å². The van der Waals surface area contributed by atoms with E-state index in [9.17, 15) is 14.9 Å². The van der Waals surface area contributed by atoms with Crippen LogP contribution in [0.15, 0.2) is 66.2 Å². The first-order valence-electron chi connectivity index (χ1n) is 10.1. The zero-order valence-corrected chi connectivity index (χ0v) is 16.9. The van der Waals surface area contributed by atoms with Gasteiger partial charge in [0.1, 0.15) is 0 Å². The first kappa shape index (κ1) is 18.6. The molecule has 1 aliphatic carbocycles. The van der Waals surface area contributed by atoms with E-state index >= 15 is 0 Å². The van der Waals surface area contributed by atoms with Crippen molar-refractivity contribution in [1.29, 1.82) is 0 Å². The Morgan fingerprint density at radius 1 is 1.00 bits per heavy atom. The lowest BCUT2D eigenvalue weighted by atomic mass is 9.67. The molecule has 1 atom stereocenters. The number of fused-ring (bicyclic) bond motifs is 4. The van der Waals surface area contributed by atoms with Gasteiger partial charge in [-0.1, -0.05) is 56.3 Å². The average Bonchev–Trinajstić information content (AvgIpc) is 2.71. The van der Waals surface area contributed by atoms with Crippen molar-refractivity contribution in [3.05, 3.63) is 87.5 Å². The fourth-order valence-corrected chi connectivity index (χ4v) is 4.98. The van der Waals surface area contributed by atoms with Crippen molar-refractivity contribution in [2.75, 3.05) is 5.32 Å². The maximum atomic E-state index is 13.4. The molecular weight excluding hydrogens is 376 g/mol. The SMILES string of the molecule is CC1(C)CC(=O)C2=C(C1)[C@H](c1ccccc1[N+](=O)[O-])Nc1ccc3ccccc3c12. The van der Waals surface area contributed by atoms with E-state index in [-0.39, 0.29) is 21.8 Å². The first-order chi connectivity index (χ1) is 14.4. The quantitative estimate of drug-likeness (QED) is 0.421. The Balaban J connectivity index is 1.82. The van der Waals surface area contributed by atoms with Crippen LogP contribution >= 0.6 is 0 Å². The highest BCUT2D eigenvalue weighted by molar-refractivity contribution is 6.28. The van der Waals surface area contributed by atoms with E-state index in [1.54, 1.807) is 12.1 Å². The van der Waals surface area contributed by atoms with Gasteiger partial charge in [0.2, 0.25) is 0 Å². The molecule has 0 bridgehead atoms. The van der Waals surface area contributed by atoms with Crippen molar-refractivity contribution >= 4 is 33.5 Å². The summed E-state index contributed by atoms with van der Waals surface area (Å²) < 4.78 is 0. The first-order valence-corrected chi connectivity index (χ1v) is 10.1. The topological polar surface area (TPSA) is 72.2 Å². The second-order valence-corrected chi connectivity index (χ2v) is 8.94. The molecule has 5 rings (SSSR count). The van der Waals surface area contributed by atoms with E-state index in [2.05, 4.69) is 19.2 Å². The monoisotopic (exact) mass is 398 g/mol. The fourth-order valence-electron chi connectivity index (χ4n) is 4.98. The van der Waals surface area contributed by atoms with Crippen LogP contribution < -0.4 is 5.32 Å². The maximum Gasteiger partial charge on any atom is 0.275 e. The number of anilines is 1. The Morgan fingerprint density at radius 2 is 1.73 bits per heavy atom. The number of Topliss-reactive ketones (excluding diaryl/α,β-unsaturated/α-hetero) is 1. The zero-order chi connectivity index (χ0) is 21.0. The van der Waals surface area contributed by atoms with Gasteiger partial charge in [-0.3, -0.25) is 14.9 Å².